The normalized spacial score (nSPS) is 20.8. The minimum Gasteiger partial charge on any atom is -0.385 e. The number of aliphatic hydroxyl groups is 4. The maximum absolute atomic E-state index is 11.8. The van der Waals surface area contributed by atoms with E-state index in [2.05, 4.69) is 0 Å². The summed E-state index contributed by atoms with van der Waals surface area (Å²) in [6.45, 7) is 0. The molecule has 4 aromatic rings. The molecule has 0 fully saturated rings. The number of para-hydroxylation sites is 4. The molecule has 2 aliphatic heterocycles. The summed E-state index contributed by atoms with van der Waals surface area (Å²) in [6.07, 6.45) is -4.46. The minimum atomic E-state index is -1.11. The van der Waals surface area contributed by atoms with Crippen LogP contribution >= 0.6 is 0 Å². The number of fused-ring (bicyclic) bond motifs is 4. The van der Waals surface area contributed by atoms with Crippen LogP contribution < -0.4 is 21.3 Å². The van der Waals surface area contributed by atoms with Gasteiger partial charge in [0.1, 0.15) is 24.4 Å². The van der Waals surface area contributed by atoms with Crippen molar-refractivity contribution in [3.8, 4) is 0 Å². The summed E-state index contributed by atoms with van der Waals surface area (Å²) < 4.78 is 0. The molecule has 40 heavy (non-hydrogen) atoms. The van der Waals surface area contributed by atoms with Gasteiger partial charge in [0, 0.05) is 22.3 Å². The van der Waals surface area contributed by atoms with Gasteiger partial charge in [-0.2, -0.15) is 0 Å². The number of aliphatic hydroxyl groups excluding tert-OH is 4. The number of nitrogens with two attached hydrogens (primary N) is 2. The predicted molar refractivity (Wildman–Crippen MR) is 149 cm³/mol. The minimum absolute atomic E-state index is 0.468. The van der Waals surface area contributed by atoms with E-state index >= 15 is 0 Å². The third-order valence-corrected chi connectivity index (χ3v) is 7.02. The molecule has 0 aliphatic carbocycles. The van der Waals surface area contributed by atoms with Crippen molar-refractivity contribution in [2.24, 2.45) is 11.5 Å². The van der Waals surface area contributed by atoms with Crippen LogP contribution in [0, 0.1) is 0 Å². The van der Waals surface area contributed by atoms with E-state index in [1.165, 1.54) is 9.80 Å². The highest BCUT2D eigenvalue weighted by Gasteiger charge is 2.35. The van der Waals surface area contributed by atoms with Gasteiger partial charge in [-0.3, -0.25) is 9.80 Å². The van der Waals surface area contributed by atoms with Crippen LogP contribution in [-0.2, 0) is 0 Å². The van der Waals surface area contributed by atoms with Crippen molar-refractivity contribution < 1.29 is 30.0 Å². The number of carbonyl (C=O) groups excluding carboxylic acids is 2. The zero-order chi connectivity index (χ0) is 28.6. The van der Waals surface area contributed by atoms with Gasteiger partial charge < -0.3 is 31.9 Å². The number of amides is 4. The quantitative estimate of drug-likeness (QED) is 0.197. The molecule has 0 unspecified atom stereocenters. The molecule has 4 amide bonds. The van der Waals surface area contributed by atoms with E-state index in [9.17, 15) is 30.0 Å². The molecular weight excluding hydrogens is 512 g/mol. The largest absolute Gasteiger partial charge is 0.385 e. The van der Waals surface area contributed by atoms with Crippen molar-refractivity contribution in [3.05, 3.63) is 119 Å². The van der Waals surface area contributed by atoms with Gasteiger partial charge in [-0.1, -0.05) is 72.8 Å². The van der Waals surface area contributed by atoms with Crippen LogP contribution in [0.1, 0.15) is 46.7 Å². The van der Waals surface area contributed by atoms with Gasteiger partial charge in [-0.25, -0.2) is 9.59 Å². The number of primary amides is 2. The van der Waals surface area contributed by atoms with Gasteiger partial charge in [-0.05, 0) is 24.3 Å². The Labute approximate surface area is 229 Å². The fourth-order valence-corrected chi connectivity index (χ4v) is 5.18. The summed E-state index contributed by atoms with van der Waals surface area (Å²) in [5, 5.41) is 41.3. The highest BCUT2D eigenvalue weighted by Crippen LogP contribution is 2.46. The second-order valence-corrected chi connectivity index (χ2v) is 9.36. The van der Waals surface area contributed by atoms with E-state index in [1.54, 1.807) is 97.1 Å². The SMILES string of the molecule is NC(=O)N1c2ccccc2[C@@H](O)[C@H](O)c2ccccc21.NC(=O)N1c2ccccc2[C@H](O)[C@@H](O)c2ccccc21. The summed E-state index contributed by atoms with van der Waals surface area (Å²) in [5.41, 5.74) is 14.8. The molecule has 10 nitrogen and oxygen atoms in total. The molecule has 204 valence electrons. The zero-order valence-electron chi connectivity index (χ0n) is 21.2. The van der Waals surface area contributed by atoms with Crippen molar-refractivity contribution in [3.63, 3.8) is 0 Å². The number of hydrogen-bond donors (Lipinski definition) is 6. The number of hydrogen-bond acceptors (Lipinski definition) is 6. The van der Waals surface area contributed by atoms with E-state index in [0.29, 0.717) is 45.0 Å². The van der Waals surface area contributed by atoms with E-state index in [4.69, 9.17) is 11.5 Å². The van der Waals surface area contributed by atoms with Crippen molar-refractivity contribution in [1.29, 1.82) is 0 Å². The molecule has 0 aromatic heterocycles. The fourth-order valence-electron chi connectivity index (χ4n) is 5.18. The molecular formula is C30H28N4O6. The van der Waals surface area contributed by atoms with Gasteiger partial charge in [0.05, 0.1) is 22.7 Å². The van der Waals surface area contributed by atoms with Crippen LogP contribution in [0.15, 0.2) is 97.1 Å². The van der Waals surface area contributed by atoms with E-state index in [0.717, 1.165) is 0 Å². The highest BCUT2D eigenvalue weighted by molar-refractivity contribution is 6.01. The van der Waals surface area contributed by atoms with Crippen molar-refractivity contribution in [2.75, 3.05) is 9.80 Å². The smallest absolute Gasteiger partial charge is 0.323 e. The monoisotopic (exact) mass is 540 g/mol. The predicted octanol–water partition coefficient (Wildman–Crippen LogP) is 3.97. The molecule has 2 aliphatic rings. The van der Waals surface area contributed by atoms with Crippen LogP contribution in [0.2, 0.25) is 0 Å². The van der Waals surface area contributed by atoms with Crippen molar-refractivity contribution in [2.45, 2.75) is 24.4 Å². The second kappa shape index (κ2) is 10.8. The third-order valence-electron chi connectivity index (χ3n) is 7.02. The molecule has 10 heteroatoms. The van der Waals surface area contributed by atoms with Gasteiger partial charge in [-0.15, -0.1) is 0 Å². The summed E-state index contributed by atoms with van der Waals surface area (Å²) >= 11 is 0. The van der Waals surface area contributed by atoms with Crippen molar-refractivity contribution in [1.82, 2.24) is 0 Å². The number of urea groups is 2. The van der Waals surface area contributed by atoms with E-state index in [-0.39, 0.29) is 0 Å². The summed E-state index contributed by atoms with van der Waals surface area (Å²) in [4.78, 5) is 26.3. The first-order valence-electron chi connectivity index (χ1n) is 12.5. The zero-order valence-corrected chi connectivity index (χ0v) is 21.2. The van der Waals surface area contributed by atoms with Gasteiger partial charge in [0.2, 0.25) is 0 Å². The number of rotatable bonds is 0. The first-order valence-corrected chi connectivity index (χ1v) is 12.5. The molecule has 0 saturated carbocycles. The van der Waals surface area contributed by atoms with Crippen LogP contribution in [-0.4, -0.2) is 32.5 Å². The Hall–Kier alpha value is -4.74. The second-order valence-electron chi connectivity index (χ2n) is 9.36. The lowest BCUT2D eigenvalue weighted by molar-refractivity contribution is 0.0188. The van der Waals surface area contributed by atoms with Crippen LogP contribution in [0.4, 0.5) is 32.3 Å². The molecule has 6 rings (SSSR count). The fraction of sp³-hybridized carbons (Fsp3) is 0.133. The average molecular weight is 541 g/mol. The molecule has 4 aromatic carbocycles. The highest BCUT2D eigenvalue weighted by atomic mass is 16.3. The number of nitrogens with zero attached hydrogens (tertiary/aromatic N) is 2. The lowest BCUT2D eigenvalue weighted by atomic mass is 9.99. The molecule has 8 N–H and O–H groups in total. The Balaban J connectivity index is 0.000000161. The Bertz CT molecular complexity index is 1360. The molecule has 4 atom stereocenters. The Morgan fingerprint density at radius 3 is 0.850 bits per heavy atom. The Morgan fingerprint density at radius 2 is 0.650 bits per heavy atom. The summed E-state index contributed by atoms with van der Waals surface area (Å²) in [6, 6.07) is 26.1. The summed E-state index contributed by atoms with van der Waals surface area (Å²) in [7, 11) is 0. The Kier molecular flexibility index (Phi) is 7.24. The van der Waals surface area contributed by atoms with E-state index in [1.807, 2.05) is 0 Å². The lowest BCUT2D eigenvalue weighted by Gasteiger charge is -2.22. The topological polar surface area (TPSA) is 174 Å². The van der Waals surface area contributed by atoms with Crippen molar-refractivity contribution >= 4 is 34.8 Å². The maximum Gasteiger partial charge on any atom is 0.323 e. The molecule has 0 bridgehead atoms. The Morgan fingerprint density at radius 1 is 0.450 bits per heavy atom. The number of anilines is 4. The standard InChI is InChI=1S/2C15H14N2O3/c2*16-15(20)17-11-7-3-1-5-9(11)13(18)14(19)10-6-2-4-8-12(10)17/h2*1-8,13-14,18-19H,(H2,16,20)/t2*13-,14-/m10/s1. The van der Waals surface area contributed by atoms with Crippen LogP contribution in [0.3, 0.4) is 0 Å². The molecule has 2 heterocycles. The van der Waals surface area contributed by atoms with Gasteiger partial charge in [0.25, 0.3) is 0 Å². The van der Waals surface area contributed by atoms with Gasteiger partial charge in [0.15, 0.2) is 0 Å². The molecule has 0 spiro atoms. The maximum atomic E-state index is 11.8. The first kappa shape index (κ1) is 26.9. The average Bonchev–Trinajstić information content (AvgIpc) is 3.12. The van der Waals surface area contributed by atoms with Gasteiger partial charge >= 0.3 is 12.1 Å². The molecule has 0 saturated heterocycles. The van der Waals surface area contributed by atoms with E-state index < -0.39 is 36.5 Å². The number of benzene rings is 4. The van der Waals surface area contributed by atoms with Crippen LogP contribution in [0.5, 0.6) is 0 Å². The first-order chi connectivity index (χ1) is 19.2. The summed E-state index contributed by atoms with van der Waals surface area (Å²) in [5.74, 6) is 0. The third kappa shape index (κ3) is 4.55. The lowest BCUT2D eigenvalue weighted by Crippen LogP contribution is -2.32. The molecule has 0 radical (unpaired) electrons. The number of carbonyl (C=O) groups is 2. The van der Waals surface area contributed by atoms with Crippen LogP contribution in [0.25, 0.3) is 0 Å².